The van der Waals surface area contributed by atoms with Gasteiger partial charge < -0.3 is 10.1 Å². The first-order chi connectivity index (χ1) is 7.24. The second kappa shape index (κ2) is 6.53. The maximum absolute atomic E-state index is 11.4. The summed E-state index contributed by atoms with van der Waals surface area (Å²) in [4.78, 5) is 15.4. The van der Waals surface area contributed by atoms with Crippen LogP contribution in [0.25, 0.3) is 0 Å². The maximum Gasteiger partial charge on any atom is 0.225 e. The smallest absolute Gasteiger partial charge is 0.225 e. The van der Waals surface area contributed by atoms with Crippen molar-refractivity contribution in [1.29, 1.82) is 0 Å². The second-order valence-corrected chi connectivity index (χ2v) is 3.83. The molecule has 15 heavy (non-hydrogen) atoms. The summed E-state index contributed by atoms with van der Waals surface area (Å²) in [7, 11) is 1.62. The Morgan fingerprint density at radius 2 is 2.47 bits per heavy atom. The topological polar surface area (TPSA) is 51.2 Å². The summed E-state index contributed by atoms with van der Waals surface area (Å²) in [6.07, 6.45) is 2.79. The predicted molar refractivity (Wildman–Crippen MR) is 61.7 cm³/mol. The number of anilines is 1. The zero-order chi connectivity index (χ0) is 11.1. The van der Waals surface area contributed by atoms with Crippen LogP contribution >= 0.6 is 15.9 Å². The fourth-order valence-electron chi connectivity index (χ4n) is 1.05. The second-order valence-electron chi connectivity index (χ2n) is 2.98. The fraction of sp³-hybridized carbons (Fsp3) is 0.400. The summed E-state index contributed by atoms with van der Waals surface area (Å²) >= 11 is 3.30. The van der Waals surface area contributed by atoms with Crippen LogP contribution in [-0.2, 0) is 9.53 Å². The molecule has 0 fully saturated rings. The number of nitrogens with one attached hydrogen (secondary N) is 1. The number of halogens is 1. The minimum absolute atomic E-state index is 0.0496. The molecule has 1 amide bonds. The van der Waals surface area contributed by atoms with E-state index < -0.39 is 0 Å². The number of aromatic nitrogens is 1. The number of carbonyl (C=O) groups excluding carboxylic acids is 1. The highest BCUT2D eigenvalue weighted by molar-refractivity contribution is 9.10. The molecule has 1 N–H and O–H groups in total. The standard InChI is InChI=1S/C10H13BrN2O2/c1-15-7-3-5-9(14)13-10-8(11)4-2-6-12-10/h2,4,6H,3,5,7H2,1H3,(H,12,13,14). The molecule has 0 aliphatic rings. The van der Waals surface area contributed by atoms with Crippen molar-refractivity contribution in [2.75, 3.05) is 19.0 Å². The molecule has 4 nitrogen and oxygen atoms in total. The van der Waals surface area contributed by atoms with E-state index in [1.165, 1.54) is 0 Å². The molecule has 1 rings (SSSR count). The Kier molecular flexibility index (Phi) is 5.28. The van der Waals surface area contributed by atoms with Gasteiger partial charge in [-0.1, -0.05) is 0 Å². The quantitative estimate of drug-likeness (QED) is 0.837. The molecule has 0 aliphatic carbocycles. The Morgan fingerprint density at radius 3 is 3.13 bits per heavy atom. The summed E-state index contributed by atoms with van der Waals surface area (Å²) in [6.45, 7) is 0.594. The highest BCUT2D eigenvalue weighted by Gasteiger charge is 2.05. The van der Waals surface area contributed by atoms with Crippen molar-refractivity contribution < 1.29 is 9.53 Å². The molecular weight excluding hydrogens is 260 g/mol. The van der Waals surface area contributed by atoms with E-state index in [4.69, 9.17) is 4.74 Å². The first kappa shape index (κ1) is 12.1. The van der Waals surface area contributed by atoms with Gasteiger partial charge in [0.05, 0.1) is 4.47 Å². The third kappa shape index (κ3) is 4.40. The number of ether oxygens (including phenoxy) is 1. The number of hydrogen-bond acceptors (Lipinski definition) is 3. The van der Waals surface area contributed by atoms with Gasteiger partial charge in [0.25, 0.3) is 0 Å². The van der Waals surface area contributed by atoms with E-state index in [-0.39, 0.29) is 5.91 Å². The summed E-state index contributed by atoms with van der Waals surface area (Å²) in [5, 5.41) is 2.72. The number of pyridine rings is 1. The van der Waals surface area contributed by atoms with Gasteiger partial charge in [0.2, 0.25) is 5.91 Å². The van der Waals surface area contributed by atoms with E-state index in [2.05, 4.69) is 26.2 Å². The number of carbonyl (C=O) groups is 1. The monoisotopic (exact) mass is 272 g/mol. The molecule has 82 valence electrons. The molecule has 1 aromatic heterocycles. The van der Waals surface area contributed by atoms with E-state index in [0.29, 0.717) is 25.3 Å². The lowest BCUT2D eigenvalue weighted by molar-refractivity contribution is -0.116. The molecule has 0 bridgehead atoms. The van der Waals surface area contributed by atoms with Gasteiger partial charge in [0.15, 0.2) is 0 Å². The molecule has 0 atom stereocenters. The van der Waals surface area contributed by atoms with Gasteiger partial charge in [0, 0.05) is 26.3 Å². The molecule has 0 aliphatic heterocycles. The maximum atomic E-state index is 11.4. The van der Waals surface area contributed by atoms with E-state index >= 15 is 0 Å². The Bertz CT molecular complexity index is 331. The van der Waals surface area contributed by atoms with Crippen LogP contribution in [0.2, 0.25) is 0 Å². The molecule has 0 aromatic carbocycles. The van der Waals surface area contributed by atoms with Crippen molar-refractivity contribution in [3.8, 4) is 0 Å². The highest BCUT2D eigenvalue weighted by Crippen LogP contribution is 2.18. The van der Waals surface area contributed by atoms with Gasteiger partial charge in [-0.25, -0.2) is 4.98 Å². The van der Waals surface area contributed by atoms with E-state index in [9.17, 15) is 4.79 Å². The largest absolute Gasteiger partial charge is 0.385 e. The van der Waals surface area contributed by atoms with Gasteiger partial charge in [-0.15, -0.1) is 0 Å². The number of hydrogen-bond donors (Lipinski definition) is 1. The van der Waals surface area contributed by atoms with Crippen molar-refractivity contribution in [3.63, 3.8) is 0 Å². The molecule has 1 heterocycles. The van der Waals surface area contributed by atoms with Crippen LogP contribution < -0.4 is 5.32 Å². The zero-order valence-corrected chi connectivity index (χ0v) is 10.1. The third-order valence-electron chi connectivity index (χ3n) is 1.77. The minimum Gasteiger partial charge on any atom is -0.385 e. The Morgan fingerprint density at radius 1 is 1.67 bits per heavy atom. The molecule has 0 saturated heterocycles. The molecule has 0 unspecified atom stereocenters. The average molecular weight is 273 g/mol. The SMILES string of the molecule is COCCCC(=O)Nc1ncccc1Br. The summed E-state index contributed by atoms with van der Waals surface area (Å²) in [6, 6.07) is 3.63. The molecular formula is C10H13BrN2O2. The third-order valence-corrected chi connectivity index (χ3v) is 2.41. The molecule has 0 saturated carbocycles. The van der Waals surface area contributed by atoms with E-state index in [1.807, 2.05) is 6.07 Å². The van der Waals surface area contributed by atoms with Crippen molar-refractivity contribution in [2.45, 2.75) is 12.8 Å². The number of methoxy groups -OCH3 is 1. The molecule has 1 aromatic rings. The van der Waals surface area contributed by atoms with Crippen LogP contribution in [0.1, 0.15) is 12.8 Å². The van der Waals surface area contributed by atoms with E-state index in [0.717, 1.165) is 4.47 Å². The lowest BCUT2D eigenvalue weighted by atomic mass is 10.3. The number of rotatable bonds is 5. The van der Waals surface area contributed by atoms with Crippen LogP contribution in [0.5, 0.6) is 0 Å². The van der Waals surface area contributed by atoms with Crippen LogP contribution in [-0.4, -0.2) is 24.6 Å². The average Bonchev–Trinajstić information content (AvgIpc) is 2.22. The predicted octanol–water partition coefficient (Wildman–Crippen LogP) is 2.21. The molecule has 0 radical (unpaired) electrons. The first-order valence-corrected chi connectivity index (χ1v) is 5.42. The Balaban J connectivity index is 2.41. The zero-order valence-electron chi connectivity index (χ0n) is 8.50. The van der Waals surface area contributed by atoms with E-state index in [1.54, 1.807) is 19.4 Å². The minimum atomic E-state index is -0.0496. The van der Waals surface area contributed by atoms with Gasteiger partial charge >= 0.3 is 0 Å². The molecule has 5 heteroatoms. The number of nitrogens with zero attached hydrogens (tertiary/aromatic N) is 1. The Labute approximate surface area is 97.2 Å². The summed E-state index contributed by atoms with van der Waals surface area (Å²) in [5.74, 6) is 0.506. The van der Waals surface area contributed by atoms with Crippen molar-refractivity contribution in [3.05, 3.63) is 22.8 Å². The van der Waals surface area contributed by atoms with Crippen molar-refractivity contribution in [2.24, 2.45) is 0 Å². The normalized spacial score (nSPS) is 10.0. The summed E-state index contributed by atoms with van der Waals surface area (Å²) < 4.78 is 5.64. The van der Waals surface area contributed by atoms with Gasteiger partial charge in [0.1, 0.15) is 5.82 Å². The van der Waals surface area contributed by atoms with Crippen LogP contribution in [0.15, 0.2) is 22.8 Å². The van der Waals surface area contributed by atoms with Crippen LogP contribution in [0.4, 0.5) is 5.82 Å². The lowest BCUT2D eigenvalue weighted by Crippen LogP contribution is -2.13. The van der Waals surface area contributed by atoms with Crippen LogP contribution in [0, 0.1) is 0 Å². The van der Waals surface area contributed by atoms with Crippen LogP contribution in [0.3, 0.4) is 0 Å². The summed E-state index contributed by atoms with van der Waals surface area (Å²) in [5.41, 5.74) is 0. The van der Waals surface area contributed by atoms with Crippen molar-refractivity contribution in [1.82, 2.24) is 4.98 Å². The van der Waals surface area contributed by atoms with Gasteiger partial charge in [-0.3, -0.25) is 4.79 Å². The first-order valence-electron chi connectivity index (χ1n) is 4.63. The molecule has 0 spiro atoms. The lowest BCUT2D eigenvalue weighted by Gasteiger charge is -2.05. The van der Waals surface area contributed by atoms with Gasteiger partial charge in [-0.2, -0.15) is 0 Å². The van der Waals surface area contributed by atoms with Gasteiger partial charge in [-0.05, 0) is 34.5 Å². The van der Waals surface area contributed by atoms with Crippen molar-refractivity contribution >= 4 is 27.7 Å². The number of amides is 1. The highest BCUT2D eigenvalue weighted by atomic mass is 79.9. The fourth-order valence-corrected chi connectivity index (χ4v) is 1.40. The Hall–Kier alpha value is -0.940.